The molecule has 2 unspecified atom stereocenters. The summed E-state index contributed by atoms with van der Waals surface area (Å²) in [4.78, 5) is 4.65. The molecule has 2 aliphatic heterocycles. The number of fused-ring (bicyclic) bond motifs is 3. The van der Waals surface area contributed by atoms with Crippen LogP contribution in [-0.2, 0) is 4.74 Å². The fourth-order valence-corrected chi connectivity index (χ4v) is 2.10. The van der Waals surface area contributed by atoms with Gasteiger partial charge in [-0.1, -0.05) is 31.5 Å². The van der Waals surface area contributed by atoms with Gasteiger partial charge in [-0.25, -0.2) is 0 Å². The Morgan fingerprint density at radius 2 is 2.14 bits per heavy atom. The van der Waals surface area contributed by atoms with E-state index in [-0.39, 0.29) is 0 Å². The highest BCUT2D eigenvalue weighted by Gasteiger charge is 2.47. The molecule has 0 aromatic heterocycles. The quantitative estimate of drug-likeness (QED) is 0.653. The minimum Gasteiger partial charge on any atom is -0.358 e. The smallest absolute Gasteiger partial charge is 0.127 e. The molecule has 14 heavy (non-hydrogen) atoms. The van der Waals surface area contributed by atoms with Gasteiger partial charge in [0.2, 0.25) is 0 Å². The largest absolute Gasteiger partial charge is 0.358 e. The number of hydrogen-bond donors (Lipinski definition) is 0. The molecule has 0 radical (unpaired) electrons. The van der Waals surface area contributed by atoms with Crippen LogP contribution in [0.2, 0.25) is 0 Å². The molecule has 72 valence electrons. The summed E-state index contributed by atoms with van der Waals surface area (Å²) in [5.41, 5.74) is 3.60. The maximum absolute atomic E-state index is 5.64. The van der Waals surface area contributed by atoms with Crippen molar-refractivity contribution in [3.63, 3.8) is 0 Å². The van der Waals surface area contributed by atoms with Crippen LogP contribution in [0.4, 0.5) is 5.69 Å². The summed E-state index contributed by atoms with van der Waals surface area (Å²) in [6.45, 7) is 2.18. The molecule has 1 aromatic rings. The summed E-state index contributed by atoms with van der Waals surface area (Å²) < 4.78 is 5.64. The first-order valence-corrected chi connectivity index (χ1v) is 5.22. The molecule has 3 rings (SSSR count). The number of para-hydroxylation sites is 1. The third-order valence-corrected chi connectivity index (χ3v) is 2.83. The predicted octanol–water partition coefficient (Wildman–Crippen LogP) is 3.01. The normalized spacial score (nSPS) is 27.6. The summed E-state index contributed by atoms with van der Waals surface area (Å²) in [5, 5.41) is 0. The molecule has 1 fully saturated rings. The van der Waals surface area contributed by atoms with E-state index < -0.39 is 0 Å². The first kappa shape index (κ1) is 8.18. The molecule has 1 saturated heterocycles. The molecule has 0 saturated carbocycles. The molecule has 2 nitrogen and oxygen atoms in total. The van der Waals surface area contributed by atoms with Gasteiger partial charge in [-0.15, -0.1) is 0 Å². The Hall–Kier alpha value is -1.15. The number of epoxide rings is 1. The van der Waals surface area contributed by atoms with Crippen molar-refractivity contribution in [2.24, 2.45) is 4.99 Å². The van der Waals surface area contributed by atoms with Gasteiger partial charge in [0.15, 0.2) is 0 Å². The van der Waals surface area contributed by atoms with Gasteiger partial charge in [-0.05, 0) is 12.5 Å². The topological polar surface area (TPSA) is 24.9 Å². The van der Waals surface area contributed by atoms with Gasteiger partial charge in [0.1, 0.15) is 12.2 Å². The number of hydrogen-bond acceptors (Lipinski definition) is 2. The number of nitrogens with zero attached hydrogens (tertiary/aromatic N) is 1. The van der Waals surface area contributed by atoms with Gasteiger partial charge in [0, 0.05) is 5.56 Å². The van der Waals surface area contributed by atoms with Crippen molar-refractivity contribution >= 4 is 11.4 Å². The zero-order valence-electron chi connectivity index (χ0n) is 8.23. The van der Waals surface area contributed by atoms with E-state index in [1.165, 1.54) is 11.3 Å². The van der Waals surface area contributed by atoms with Crippen molar-refractivity contribution in [3.8, 4) is 0 Å². The van der Waals surface area contributed by atoms with Crippen LogP contribution in [0.5, 0.6) is 0 Å². The summed E-state index contributed by atoms with van der Waals surface area (Å²) in [5.74, 6) is 0. The Morgan fingerprint density at radius 1 is 1.29 bits per heavy atom. The zero-order chi connectivity index (χ0) is 9.54. The first-order chi connectivity index (χ1) is 6.90. The molecule has 2 aliphatic rings. The second-order valence-corrected chi connectivity index (χ2v) is 3.89. The minimum atomic E-state index is 0.296. The van der Waals surface area contributed by atoms with Crippen molar-refractivity contribution in [1.82, 2.24) is 0 Å². The van der Waals surface area contributed by atoms with Crippen molar-refractivity contribution < 1.29 is 4.74 Å². The molecule has 0 spiro atoms. The first-order valence-electron chi connectivity index (χ1n) is 5.22. The van der Waals surface area contributed by atoms with E-state index in [4.69, 9.17) is 4.74 Å². The van der Waals surface area contributed by atoms with Gasteiger partial charge >= 0.3 is 0 Å². The average Bonchev–Trinajstić information content (AvgIpc) is 2.98. The van der Waals surface area contributed by atoms with E-state index >= 15 is 0 Å². The van der Waals surface area contributed by atoms with Gasteiger partial charge in [0.05, 0.1) is 11.4 Å². The fourth-order valence-electron chi connectivity index (χ4n) is 2.10. The van der Waals surface area contributed by atoms with Gasteiger partial charge < -0.3 is 4.74 Å². The standard InChI is InChI=1S/C12H13NO/c1-2-5-10-12-11(14-12)8-6-3-4-7-9(8)13-10/h3-4,6-7,11-12H,2,5H2,1H3. The van der Waals surface area contributed by atoms with Crippen LogP contribution in [0.15, 0.2) is 29.3 Å². The Morgan fingerprint density at radius 3 is 3.00 bits per heavy atom. The number of benzene rings is 1. The summed E-state index contributed by atoms with van der Waals surface area (Å²) in [7, 11) is 0. The van der Waals surface area contributed by atoms with E-state index in [1.54, 1.807) is 0 Å². The average molecular weight is 187 g/mol. The van der Waals surface area contributed by atoms with E-state index in [0.29, 0.717) is 12.2 Å². The van der Waals surface area contributed by atoms with Crippen LogP contribution in [-0.4, -0.2) is 11.8 Å². The Labute approximate surface area is 83.6 Å². The fraction of sp³-hybridized carbons (Fsp3) is 0.417. The molecule has 0 amide bonds. The Balaban J connectivity index is 2.03. The Kier molecular flexibility index (Phi) is 1.71. The molecular formula is C12H13NO. The lowest BCUT2D eigenvalue weighted by molar-refractivity contribution is 0.401. The molecular weight excluding hydrogens is 174 g/mol. The molecule has 2 atom stereocenters. The van der Waals surface area contributed by atoms with E-state index in [9.17, 15) is 0 Å². The van der Waals surface area contributed by atoms with Gasteiger partial charge in [0.25, 0.3) is 0 Å². The summed E-state index contributed by atoms with van der Waals surface area (Å²) in [6.07, 6.45) is 2.82. The molecule has 1 aromatic carbocycles. The van der Waals surface area contributed by atoms with E-state index in [1.807, 2.05) is 6.07 Å². The molecule has 2 heteroatoms. The maximum atomic E-state index is 5.64. The third-order valence-electron chi connectivity index (χ3n) is 2.83. The molecule has 0 N–H and O–H groups in total. The molecule has 0 aliphatic carbocycles. The second-order valence-electron chi connectivity index (χ2n) is 3.89. The number of ether oxygens (including phenoxy) is 1. The van der Waals surface area contributed by atoms with Gasteiger partial charge in [-0.2, -0.15) is 0 Å². The lowest BCUT2D eigenvalue weighted by Crippen LogP contribution is -2.10. The van der Waals surface area contributed by atoms with E-state index in [0.717, 1.165) is 18.5 Å². The monoisotopic (exact) mass is 187 g/mol. The van der Waals surface area contributed by atoms with Crippen LogP contribution in [0.3, 0.4) is 0 Å². The van der Waals surface area contributed by atoms with Gasteiger partial charge in [-0.3, -0.25) is 4.99 Å². The number of aliphatic imine (C=N–C) groups is 1. The van der Waals surface area contributed by atoms with Crippen LogP contribution in [0, 0.1) is 0 Å². The highest BCUT2D eigenvalue weighted by atomic mass is 16.6. The highest BCUT2D eigenvalue weighted by Crippen LogP contribution is 2.48. The minimum absolute atomic E-state index is 0.296. The summed E-state index contributed by atoms with van der Waals surface area (Å²) in [6, 6.07) is 8.28. The van der Waals surface area contributed by atoms with Crippen molar-refractivity contribution in [3.05, 3.63) is 29.8 Å². The SMILES string of the molecule is CCCC1=Nc2ccccc2C2OC12. The van der Waals surface area contributed by atoms with Crippen LogP contribution in [0.1, 0.15) is 31.4 Å². The number of rotatable bonds is 2. The maximum Gasteiger partial charge on any atom is 0.127 e. The van der Waals surface area contributed by atoms with Crippen molar-refractivity contribution in [2.75, 3.05) is 0 Å². The van der Waals surface area contributed by atoms with Crippen LogP contribution >= 0.6 is 0 Å². The van der Waals surface area contributed by atoms with Crippen molar-refractivity contribution in [1.29, 1.82) is 0 Å². The highest BCUT2D eigenvalue weighted by molar-refractivity contribution is 5.95. The molecule has 2 heterocycles. The van der Waals surface area contributed by atoms with Crippen LogP contribution in [0.25, 0.3) is 0 Å². The lowest BCUT2D eigenvalue weighted by Gasteiger charge is -2.10. The lowest BCUT2D eigenvalue weighted by atomic mass is 10.00. The summed E-state index contributed by atoms with van der Waals surface area (Å²) >= 11 is 0. The second kappa shape index (κ2) is 2.92. The Bertz CT molecular complexity index is 397. The van der Waals surface area contributed by atoms with Crippen LogP contribution < -0.4 is 0 Å². The predicted molar refractivity (Wildman–Crippen MR) is 56.1 cm³/mol. The van der Waals surface area contributed by atoms with Crippen molar-refractivity contribution in [2.45, 2.75) is 32.0 Å². The third kappa shape index (κ3) is 1.11. The molecule has 0 bridgehead atoms. The zero-order valence-corrected chi connectivity index (χ0v) is 8.23. The van der Waals surface area contributed by atoms with E-state index in [2.05, 4.69) is 30.1 Å².